The van der Waals surface area contributed by atoms with Crippen molar-refractivity contribution in [1.82, 2.24) is 0 Å². The average Bonchev–Trinajstić information content (AvgIpc) is 1.84. The third-order valence-corrected chi connectivity index (χ3v) is 0.658. The molecule has 0 saturated heterocycles. The number of rotatable bonds is 2. The normalized spacial score (nSPS) is 12.5. The molecule has 1 atom stereocenters. The average molecular weight is 215 g/mol. The zero-order valence-corrected chi connectivity index (χ0v) is 8.27. The molecule has 8 heteroatoms. The molecule has 7 nitrogen and oxygen atoms in total. The summed E-state index contributed by atoms with van der Waals surface area (Å²) in [4.78, 5) is 32.0. The molecule has 13 heavy (non-hydrogen) atoms. The lowest BCUT2D eigenvalue weighted by atomic mass is 10.4. The molecule has 0 rings (SSSR count). The summed E-state index contributed by atoms with van der Waals surface area (Å²) >= 11 is 0. The number of hydrogen-bond acceptors (Lipinski definition) is 4. The predicted octanol–water partition coefficient (Wildman–Crippen LogP) is -1.03. The van der Waals surface area contributed by atoms with Crippen LogP contribution in [0.4, 0.5) is 0 Å². The van der Waals surface area contributed by atoms with Crippen LogP contribution in [0.2, 0.25) is 0 Å². The molecule has 0 aliphatic heterocycles. The summed E-state index contributed by atoms with van der Waals surface area (Å²) in [5.41, 5.74) is 5.15. The first kappa shape index (κ1) is 15.0. The van der Waals surface area contributed by atoms with Gasteiger partial charge in [0.05, 0.1) is 6.61 Å². The Balaban J connectivity index is 0. The van der Waals surface area contributed by atoms with E-state index in [9.17, 15) is 4.79 Å². The summed E-state index contributed by atoms with van der Waals surface area (Å²) in [7, 11) is -4.64. The summed E-state index contributed by atoms with van der Waals surface area (Å²) < 4.78 is 13.4. The van der Waals surface area contributed by atoms with Crippen LogP contribution in [0.25, 0.3) is 0 Å². The molecular weight excluding hydrogens is 201 g/mol. The Hall–Kier alpha value is -0.460. The maximum atomic E-state index is 10.4. The summed E-state index contributed by atoms with van der Waals surface area (Å²) in [6, 6.07) is -0.491. The summed E-state index contributed by atoms with van der Waals surface area (Å²) in [5, 5.41) is 0. The molecule has 0 saturated carbocycles. The van der Waals surface area contributed by atoms with Gasteiger partial charge in [-0.3, -0.25) is 4.79 Å². The SMILES string of the molecule is CCOC(=O)C(C)N.O=P(O)(O)O. The molecule has 80 valence electrons. The Morgan fingerprint density at radius 3 is 1.92 bits per heavy atom. The molecular formula is C5H14NO6P. The number of phosphoric acid groups is 1. The number of esters is 1. The molecule has 1 unspecified atom stereocenters. The minimum atomic E-state index is -4.64. The van der Waals surface area contributed by atoms with E-state index in [1.807, 2.05) is 0 Å². The second-order valence-electron chi connectivity index (χ2n) is 2.05. The van der Waals surface area contributed by atoms with Crippen LogP contribution < -0.4 is 5.73 Å². The van der Waals surface area contributed by atoms with Crippen molar-refractivity contribution in [3.63, 3.8) is 0 Å². The predicted molar refractivity (Wildman–Crippen MR) is 44.5 cm³/mol. The Morgan fingerprint density at radius 1 is 1.54 bits per heavy atom. The Kier molecular flexibility index (Phi) is 8.09. The van der Waals surface area contributed by atoms with Crippen LogP contribution in [-0.2, 0) is 14.1 Å². The van der Waals surface area contributed by atoms with Crippen molar-refractivity contribution in [3.8, 4) is 0 Å². The maximum Gasteiger partial charge on any atom is 0.466 e. The standard InChI is InChI=1S/C5H11NO2.H3O4P/c1-3-8-5(7)4(2)6;1-5(2,3)4/h4H,3,6H2,1-2H3;(H3,1,2,3,4). The molecule has 0 spiro atoms. The van der Waals surface area contributed by atoms with E-state index in [0.717, 1.165) is 0 Å². The van der Waals surface area contributed by atoms with Gasteiger partial charge in [-0.1, -0.05) is 0 Å². The second-order valence-corrected chi connectivity index (χ2v) is 3.08. The highest BCUT2D eigenvalue weighted by molar-refractivity contribution is 7.45. The molecule has 5 N–H and O–H groups in total. The third kappa shape index (κ3) is 24.6. The zero-order chi connectivity index (χ0) is 11.1. The highest BCUT2D eigenvalue weighted by Gasteiger charge is 2.05. The van der Waals surface area contributed by atoms with Gasteiger partial charge >= 0.3 is 13.8 Å². The maximum absolute atomic E-state index is 10.4. The van der Waals surface area contributed by atoms with E-state index in [-0.39, 0.29) is 5.97 Å². The fourth-order valence-electron chi connectivity index (χ4n) is 0.274. The minimum absolute atomic E-state index is 0.340. The Bertz CT molecular complexity index is 179. The Labute approximate surface area is 75.8 Å². The lowest BCUT2D eigenvalue weighted by Gasteiger charge is -2.02. The van der Waals surface area contributed by atoms with E-state index < -0.39 is 13.9 Å². The van der Waals surface area contributed by atoms with E-state index in [2.05, 4.69) is 4.74 Å². The van der Waals surface area contributed by atoms with Crippen LogP contribution in [-0.4, -0.2) is 33.3 Å². The van der Waals surface area contributed by atoms with Crippen LogP contribution in [0.15, 0.2) is 0 Å². The fraction of sp³-hybridized carbons (Fsp3) is 0.800. The Morgan fingerprint density at radius 2 is 1.85 bits per heavy atom. The minimum Gasteiger partial charge on any atom is -0.465 e. The highest BCUT2D eigenvalue weighted by atomic mass is 31.2. The molecule has 0 aromatic carbocycles. The van der Waals surface area contributed by atoms with Crippen LogP contribution in [0, 0.1) is 0 Å². The van der Waals surface area contributed by atoms with Crippen molar-refractivity contribution in [3.05, 3.63) is 0 Å². The third-order valence-electron chi connectivity index (χ3n) is 0.658. The van der Waals surface area contributed by atoms with Gasteiger partial charge in [0, 0.05) is 0 Å². The van der Waals surface area contributed by atoms with Crippen molar-refractivity contribution >= 4 is 13.8 Å². The number of carbonyl (C=O) groups excluding carboxylic acids is 1. The summed E-state index contributed by atoms with van der Waals surface area (Å²) in [6.45, 7) is 3.75. The van der Waals surface area contributed by atoms with Gasteiger partial charge in [0.1, 0.15) is 6.04 Å². The highest BCUT2D eigenvalue weighted by Crippen LogP contribution is 2.25. The molecule has 0 radical (unpaired) electrons. The second kappa shape index (κ2) is 6.99. The largest absolute Gasteiger partial charge is 0.466 e. The van der Waals surface area contributed by atoms with Crippen molar-refractivity contribution in [2.24, 2.45) is 5.73 Å². The van der Waals surface area contributed by atoms with Gasteiger partial charge in [0.2, 0.25) is 0 Å². The molecule has 0 fully saturated rings. The monoisotopic (exact) mass is 215 g/mol. The molecule has 0 heterocycles. The lowest BCUT2D eigenvalue weighted by molar-refractivity contribution is -0.144. The number of hydrogen-bond donors (Lipinski definition) is 4. The molecule has 0 amide bonds. The van der Waals surface area contributed by atoms with Gasteiger partial charge in [0.25, 0.3) is 0 Å². The fourth-order valence-corrected chi connectivity index (χ4v) is 0.274. The molecule has 0 aliphatic rings. The van der Waals surface area contributed by atoms with Crippen molar-refractivity contribution < 1.29 is 28.8 Å². The van der Waals surface area contributed by atoms with Crippen LogP contribution in [0.5, 0.6) is 0 Å². The van der Waals surface area contributed by atoms with E-state index in [4.69, 9.17) is 25.0 Å². The van der Waals surface area contributed by atoms with Crippen molar-refractivity contribution in [2.75, 3.05) is 6.61 Å². The number of carbonyl (C=O) groups is 1. The quantitative estimate of drug-likeness (QED) is 0.342. The first-order chi connectivity index (χ1) is 5.68. The van der Waals surface area contributed by atoms with Gasteiger partial charge in [-0.05, 0) is 13.8 Å². The molecule has 0 bridgehead atoms. The van der Waals surface area contributed by atoms with Gasteiger partial charge < -0.3 is 25.2 Å². The lowest BCUT2D eigenvalue weighted by Crippen LogP contribution is -2.28. The van der Waals surface area contributed by atoms with E-state index in [1.165, 1.54) is 0 Å². The summed E-state index contributed by atoms with van der Waals surface area (Å²) in [5.74, 6) is -0.340. The molecule has 0 aromatic rings. The van der Waals surface area contributed by atoms with E-state index in [0.29, 0.717) is 6.61 Å². The van der Waals surface area contributed by atoms with Gasteiger partial charge in [0.15, 0.2) is 0 Å². The molecule has 0 aromatic heterocycles. The van der Waals surface area contributed by atoms with Crippen molar-refractivity contribution in [1.29, 1.82) is 0 Å². The smallest absolute Gasteiger partial charge is 0.465 e. The van der Waals surface area contributed by atoms with Crippen molar-refractivity contribution in [2.45, 2.75) is 19.9 Å². The van der Waals surface area contributed by atoms with Gasteiger partial charge in [-0.25, -0.2) is 4.57 Å². The van der Waals surface area contributed by atoms with Crippen LogP contribution in [0.1, 0.15) is 13.8 Å². The van der Waals surface area contributed by atoms with E-state index >= 15 is 0 Å². The van der Waals surface area contributed by atoms with Crippen LogP contribution in [0.3, 0.4) is 0 Å². The van der Waals surface area contributed by atoms with Crippen LogP contribution >= 0.6 is 7.82 Å². The molecule has 0 aliphatic carbocycles. The van der Waals surface area contributed by atoms with E-state index in [1.54, 1.807) is 13.8 Å². The summed E-state index contributed by atoms with van der Waals surface area (Å²) in [6.07, 6.45) is 0. The first-order valence-electron chi connectivity index (χ1n) is 3.39. The topological polar surface area (TPSA) is 130 Å². The number of nitrogens with two attached hydrogens (primary N) is 1. The first-order valence-corrected chi connectivity index (χ1v) is 4.95. The number of ether oxygens (including phenoxy) is 1. The van der Waals surface area contributed by atoms with Gasteiger partial charge in [-0.15, -0.1) is 0 Å². The van der Waals surface area contributed by atoms with Gasteiger partial charge in [-0.2, -0.15) is 0 Å². The zero-order valence-electron chi connectivity index (χ0n) is 7.38.